The molecule has 0 spiro atoms. The summed E-state index contributed by atoms with van der Waals surface area (Å²) in [5.74, 6) is 0.593. The Kier molecular flexibility index (Phi) is 7.25. The molecule has 0 radical (unpaired) electrons. The van der Waals surface area contributed by atoms with E-state index in [4.69, 9.17) is 9.47 Å². The number of carbonyl (C=O) groups excluding carboxylic acids is 2. The van der Waals surface area contributed by atoms with Crippen LogP contribution in [0.1, 0.15) is 26.3 Å². The van der Waals surface area contributed by atoms with E-state index >= 15 is 0 Å². The third-order valence-electron chi connectivity index (χ3n) is 3.97. The number of amides is 1. The molecule has 1 rings (SSSR count). The number of anilines is 1. The quantitative estimate of drug-likeness (QED) is 0.455. The molecule has 0 atom stereocenters. The molecule has 1 aromatic carbocycles. The van der Waals surface area contributed by atoms with E-state index in [0.717, 1.165) is 5.19 Å². The van der Waals surface area contributed by atoms with E-state index in [0.29, 0.717) is 22.7 Å². The minimum absolute atomic E-state index is 0.153. The molecule has 0 bridgehead atoms. The van der Waals surface area contributed by atoms with E-state index in [2.05, 4.69) is 29.7 Å². The average molecular weight is 394 g/mol. The summed E-state index contributed by atoms with van der Waals surface area (Å²) in [6.45, 7) is 12.0. The summed E-state index contributed by atoms with van der Waals surface area (Å²) < 4.78 is 16.0. The van der Waals surface area contributed by atoms with Crippen molar-refractivity contribution < 1.29 is 23.8 Å². The molecule has 6 nitrogen and oxygen atoms in total. The fourth-order valence-corrected chi connectivity index (χ4v) is 4.34. The van der Waals surface area contributed by atoms with Crippen LogP contribution in [0.25, 0.3) is 6.08 Å². The number of methoxy groups -OCH3 is 3. The Bertz CT molecular complexity index is 742. The fourth-order valence-electron chi connectivity index (χ4n) is 2.52. The number of ether oxygens (including phenoxy) is 3. The Morgan fingerprint density at radius 1 is 1.07 bits per heavy atom. The molecule has 0 aliphatic heterocycles. The molecular weight excluding hydrogens is 362 g/mol. The van der Waals surface area contributed by atoms with Crippen molar-refractivity contribution in [3.8, 4) is 11.5 Å². The Morgan fingerprint density at radius 3 is 2.07 bits per heavy atom. The standard InChI is InChI=1S/C20H31NO5Si/c1-20(2,3)19(23)21-16-13(10-11-15(22)25-5)12-14(24-4)18(17(16)26-6)27(7,8)9/h10-12H,1-9H3,(H,21,23)/b11-10+. The van der Waals surface area contributed by atoms with Gasteiger partial charge in [-0.25, -0.2) is 4.79 Å². The van der Waals surface area contributed by atoms with E-state index in [1.54, 1.807) is 20.3 Å². The molecule has 0 fully saturated rings. The highest BCUT2D eigenvalue weighted by atomic mass is 28.3. The molecule has 0 saturated carbocycles. The summed E-state index contributed by atoms with van der Waals surface area (Å²) in [5.41, 5.74) is 0.539. The summed E-state index contributed by atoms with van der Waals surface area (Å²) in [6.07, 6.45) is 2.89. The molecule has 1 N–H and O–H groups in total. The highest BCUT2D eigenvalue weighted by molar-refractivity contribution is 6.90. The first-order valence-electron chi connectivity index (χ1n) is 8.73. The van der Waals surface area contributed by atoms with Crippen molar-refractivity contribution in [1.29, 1.82) is 0 Å². The second-order valence-electron chi connectivity index (χ2n) is 8.26. The van der Waals surface area contributed by atoms with Gasteiger partial charge in [-0.2, -0.15) is 0 Å². The van der Waals surface area contributed by atoms with Crippen LogP contribution in [0.15, 0.2) is 12.1 Å². The van der Waals surface area contributed by atoms with Gasteiger partial charge in [-0.1, -0.05) is 40.4 Å². The van der Waals surface area contributed by atoms with Crippen LogP contribution in [-0.2, 0) is 14.3 Å². The van der Waals surface area contributed by atoms with E-state index < -0.39 is 19.5 Å². The monoisotopic (exact) mass is 393 g/mol. The zero-order valence-corrected chi connectivity index (χ0v) is 18.8. The van der Waals surface area contributed by atoms with Crippen LogP contribution in [0.3, 0.4) is 0 Å². The van der Waals surface area contributed by atoms with Gasteiger partial charge in [-0.05, 0) is 12.1 Å². The number of nitrogens with one attached hydrogen (secondary N) is 1. The van der Waals surface area contributed by atoms with Crippen molar-refractivity contribution in [3.05, 3.63) is 17.7 Å². The fraction of sp³-hybridized carbons (Fsp3) is 0.500. The number of rotatable bonds is 6. The number of esters is 1. The second-order valence-corrected chi connectivity index (χ2v) is 13.3. The lowest BCUT2D eigenvalue weighted by atomic mass is 9.95. The maximum absolute atomic E-state index is 12.7. The molecule has 0 saturated heterocycles. The van der Waals surface area contributed by atoms with E-state index in [-0.39, 0.29) is 5.91 Å². The van der Waals surface area contributed by atoms with Crippen molar-refractivity contribution in [1.82, 2.24) is 0 Å². The van der Waals surface area contributed by atoms with Gasteiger partial charge < -0.3 is 19.5 Å². The van der Waals surface area contributed by atoms with Crippen LogP contribution in [-0.4, -0.2) is 41.3 Å². The third-order valence-corrected chi connectivity index (χ3v) is 5.94. The SMILES string of the molecule is COC(=O)/C=C/c1cc(OC)c([Si](C)(C)C)c(OC)c1NC(=O)C(C)(C)C. The normalized spacial score (nSPS) is 12.0. The van der Waals surface area contributed by atoms with Crippen molar-refractivity contribution >= 4 is 36.9 Å². The maximum atomic E-state index is 12.7. The molecule has 0 aromatic heterocycles. The highest BCUT2D eigenvalue weighted by Gasteiger charge is 2.31. The van der Waals surface area contributed by atoms with Gasteiger partial charge in [-0.15, -0.1) is 0 Å². The van der Waals surface area contributed by atoms with Crippen LogP contribution in [0.4, 0.5) is 5.69 Å². The van der Waals surface area contributed by atoms with Gasteiger partial charge >= 0.3 is 5.97 Å². The van der Waals surface area contributed by atoms with Crippen molar-refractivity contribution in [2.75, 3.05) is 26.6 Å². The van der Waals surface area contributed by atoms with E-state index in [1.807, 2.05) is 26.8 Å². The van der Waals surface area contributed by atoms with Crippen molar-refractivity contribution in [3.63, 3.8) is 0 Å². The molecule has 0 unspecified atom stereocenters. The van der Waals surface area contributed by atoms with Gasteiger partial charge in [-0.3, -0.25) is 4.79 Å². The minimum atomic E-state index is -1.88. The van der Waals surface area contributed by atoms with E-state index in [1.165, 1.54) is 13.2 Å². The van der Waals surface area contributed by atoms with Crippen LogP contribution in [0.2, 0.25) is 19.6 Å². The molecule has 0 aliphatic rings. The third kappa shape index (κ3) is 5.59. The predicted octanol–water partition coefficient (Wildman–Crippen LogP) is 3.42. The first kappa shape index (κ1) is 22.8. The summed E-state index contributed by atoms with van der Waals surface area (Å²) in [6, 6.07) is 1.81. The van der Waals surface area contributed by atoms with Gasteiger partial charge in [0.15, 0.2) is 0 Å². The van der Waals surface area contributed by atoms with Crippen LogP contribution in [0.5, 0.6) is 11.5 Å². The molecule has 27 heavy (non-hydrogen) atoms. The summed E-state index contributed by atoms with van der Waals surface area (Å²) in [7, 11) is 2.59. The Labute approximate surface area is 162 Å². The summed E-state index contributed by atoms with van der Waals surface area (Å²) in [5, 5.41) is 3.94. The Balaban J connectivity index is 3.77. The van der Waals surface area contributed by atoms with Crippen molar-refractivity contribution in [2.45, 2.75) is 40.4 Å². The maximum Gasteiger partial charge on any atom is 0.330 e. The van der Waals surface area contributed by atoms with Gasteiger partial charge in [0.1, 0.15) is 11.5 Å². The van der Waals surface area contributed by atoms with Crippen LogP contribution < -0.4 is 20.0 Å². The Morgan fingerprint density at radius 2 is 1.67 bits per heavy atom. The molecule has 150 valence electrons. The van der Waals surface area contributed by atoms with Crippen molar-refractivity contribution in [2.24, 2.45) is 5.41 Å². The first-order valence-corrected chi connectivity index (χ1v) is 12.2. The predicted molar refractivity (Wildman–Crippen MR) is 112 cm³/mol. The molecule has 1 aromatic rings. The molecule has 1 amide bonds. The zero-order chi connectivity index (χ0) is 21.0. The number of carbonyl (C=O) groups is 2. The minimum Gasteiger partial charge on any atom is -0.497 e. The lowest BCUT2D eigenvalue weighted by Crippen LogP contribution is -2.40. The van der Waals surface area contributed by atoms with Crippen LogP contribution in [0, 0.1) is 5.41 Å². The highest BCUT2D eigenvalue weighted by Crippen LogP contribution is 2.36. The lowest BCUT2D eigenvalue weighted by molar-refractivity contribution is -0.134. The number of hydrogen-bond donors (Lipinski definition) is 1. The summed E-state index contributed by atoms with van der Waals surface area (Å²) >= 11 is 0. The average Bonchev–Trinajstić information content (AvgIpc) is 2.57. The molecule has 0 heterocycles. The van der Waals surface area contributed by atoms with E-state index in [9.17, 15) is 9.59 Å². The summed E-state index contributed by atoms with van der Waals surface area (Å²) in [4.78, 5) is 24.2. The smallest absolute Gasteiger partial charge is 0.330 e. The molecular formula is C20H31NO5Si. The largest absolute Gasteiger partial charge is 0.497 e. The topological polar surface area (TPSA) is 73.9 Å². The van der Waals surface area contributed by atoms with Crippen LogP contribution >= 0.6 is 0 Å². The van der Waals surface area contributed by atoms with Gasteiger partial charge in [0, 0.05) is 22.2 Å². The zero-order valence-electron chi connectivity index (χ0n) is 17.8. The second kappa shape index (κ2) is 8.60. The molecule has 0 aliphatic carbocycles. The van der Waals surface area contributed by atoms with Gasteiger partial charge in [0.05, 0.1) is 35.1 Å². The number of benzene rings is 1. The Hall–Kier alpha value is -2.28. The first-order chi connectivity index (χ1) is 12.4. The lowest BCUT2D eigenvalue weighted by Gasteiger charge is -2.27. The molecule has 7 heteroatoms. The van der Waals surface area contributed by atoms with Gasteiger partial charge in [0.2, 0.25) is 5.91 Å². The van der Waals surface area contributed by atoms with Gasteiger partial charge in [0.25, 0.3) is 0 Å². The number of hydrogen-bond acceptors (Lipinski definition) is 5.